The van der Waals surface area contributed by atoms with Crippen molar-refractivity contribution in [2.24, 2.45) is 0 Å². The van der Waals surface area contributed by atoms with Crippen LogP contribution in [0.2, 0.25) is 0 Å². The molecule has 2 aliphatic rings. The molecule has 1 aliphatic carbocycles. The Hall–Kier alpha value is -1.70. The average molecular weight is 346 g/mol. The molecular weight excluding hydrogens is 324 g/mol. The van der Waals surface area contributed by atoms with Crippen LogP contribution < -0.4 is 4.72 Å². The third-order valence-corrected chi connectivity index (χ3v) is 6.50. The van der Waals surface area contributed by atoms with E-state index in [1.54, 1.807) is 30.5 Å². The second-order valence-corrected chi connectivity index (χ2v) is 8.37. The maximum Gasteiger partial charge on any atom is 0.240 e. The summed E-state index contributed by atoms with van der Waals surface area (Å²) in [6, 6.07) is 11.2. The lowest BCUT2D eigenvalue weighted by molar-refractivity contribution is 0.0763. The molecule has 0 bridgehead atoms. The molecule has 1 fully saturated rings. The molecule has 0 unspecified atom stereocenters. The lowest BCUT2D eigenvalue weighted by Crippen LogP contribution is -2.48. The number of nitrogens with one attached hydrogen (secondary N) is 1. The number of rotatable bonds is 5. The number of fused-ring (bicyclic) bond motifs is 1. The van der Waals surface area contributed by atoms with Gasteiger partial charge in [-0.15, -0.1) is 0 Å². The fourth-order valence-corrected chi connectivity index (χ4v) is 4.58. The van der Waals surface area contributed by atoms with Crippen LogP contribution in [0.1, 0.15) is 31.0 Å². The fourth-order valence-electron chi connectivity index (χ4n) is 3.49. The lowest BCUT2D eigenvalue weighted by atomic mass is 9.90. The van der Waals surface area contributed by atoms with Crippen LogP contribution in [0.15, 0.2) is 47.5 Å². The van der Waals surface area contributed by atoms with Crippen molar-refractivity contribution >= 4 is 10.0 Å². The lowest BCUT2D eigenvalue weighted by Gasteiger charge is -2.42. The number of aromatic nitrogens is 2. The minimum absolute atomic E-state index is 0.0304. The third kappa shape index (κ3) is 2.99. The van der Waals surface area contributed by atoms with E-state index in [1.807, 2.05) is 16.8 Å². The molecule has 7 heteroatoms. The number of hydrogen-bond donors (Lipinski definition) is 1. The van der Waals surface area contributed by atoms with Crippen LogP contribution in [0.5, 0.6) is 0 Å². The molecule has 0 radical (unpaired) electrons. The summed E-state index contributed by atoms with van der Waals surface area (Å²) in [4.78, 5) is 2.78. The van der Waals surface area contributed by atoms with Gasteiger partial charge in [0.2, 0.25) is 10.0 Å². The first-order chi connectivity index (χ1) is 11.6. The Bertz CT molecular complexity index is 799. The second-order valence-electron chi connectivity index (χ2n) is 6.60. The molecule has 6 nitrogen and oxygen atoms in total. The molecule has 24 heavy (non-hydrogen) atoms. The molecule has 0 amide bonds. The molecule has 1 aromatic heterocycles. The van der Waals surface area contributed by atoms with Crippen molar-refractivity contribution < 1.29 is 8.42 Å². The van der Waals surface area contributed by atoms with E-state index in [0.717, 1.165) is 18.8 Å². The monoisotopic (exact) mass is 346 g/mol. The molecule has 4 rings (SSSR count). The highest BCUT2D eigenvalue weighted by Gasteiger charge is 2.33. The summed E-state index contributed by atoms with van der Waals surface area (Å²) < 4.78 is 29.6. The number of hydrogen-bond acceptors (Lipinski definition) is 4. The zero-order valence-corrected chi connectivity index (χ0v) is 14.3. The normalized spacial score (nSPS) is 22.1. The molecule has 2 aromatic rings. The Morgan fingerprint density at radius 3 is 2.67 bits per heavy atom. The third-order valence-electron chi connectivity index (χ3n) is 5.06. The van der Waals surface area contributed by atoms with E-state index in [9.17, 15) is 8.42 Å². The van der Waals surface area contributed by atoms with Gasteiger partial charge in [0, 0.05) is 31.9 Å². The zero-order chi connectivity index (χ0) is 16.6. The molecule has 1 atom stereocenters. The van der Waals surface area contributed by atoms with Gasteiger partial charge in [0.25, 0.3) is 0 Å². The van der Waals surface area contributed by atoms with E-state index in [1.165, 1.54) is 19.3 Å². The van der Waals surface area contributed by atoms with Crippen molar-refractivity contribution in [3.05, 3.63) is 48.3 Å². The Morgan fingerprint density at radius 2 is 1.96 bits per heavy atom. The summed E-state index contributed by atoms with van der Waals surface area (Å²) in [5, 5.41) is 4.40. The van der Waals surface area contributed by atoms with Crippen LogP contribution in [0.3, 0.4) is 0 Å². The summed E-state index contributed by atoms with van der Waals surface area (Å²) in [6.07, 6.45) is 5.59. The molecule has 1 aliphatic heterocycles. The van der Waals surface area contributed by atoms with Crippen molar-refractivity contribution in [2.75, 3.05) is 13.1 Å². The highest BCUT2D eigenvalue weighted by atomic mass is 32.2. The Morgan fingerprint density at radius 1 is 1.17 bits per heavy atom. The Kier molecular flexibility index (Phi) is 4.15. The summed E-state index contributed by atoms with van der Waals surface area (Å²) >= 11 is 0. The van der Waals surface area contributed by atoms with Gasteiger partial charge >= 0.3 is 0 Å². The molecule has 128 valence electrons. The highest BCUT2D eigenvalue weighted by molar-refractivity contribution is 7.89. The van der Waals surface area contributed by atoms with Gasteiger partial charge in [-0.1, -0.05) is 24.6 Å². The van der Waals surface area contributed by atoms with Gasteiger partial charge in [0.05, 0.1) is 16.6 Å². The molecule has 0 saturated heterocycles. The number of nitrogens with zero attached hydrogens (tertiary/aromatic N) is 3. The zero-order valence-electron chi connectivity index (χ0n) is 13.5. The Balaban J connectivity index is 1.49. The van der Waals surface area contributed by atoms with Gasteiger partial charge < -0.3 is 0 Å². The van der Waals surface area contributed by atoms with Crippen LogP contribution in [0.4, 0.5) is 0 Å². The predicted octanol–water partition coefficient (Wildman–Crippen LogP) is 1.77. The fraction of sp³-hybridized carbons (Fsp3) is 0.471. The number of benzene rings is 1. The van der Waals surface area contributed by atoms with E-state index < -0.39 is 10.0 Å². The van der Waals surface area contributed by atoms with Gasteiger partial charge in [-0.25, -0.2) is 13.1 Å². The van der Waals surface area contributed by atoms with Crippen LogP contribution in [-0.2, 0) is 16.6 Å². The van der Waals surface area contributed by atoms with Crippen LogP contribution in [0.25, 0.3) is 0 Å². The van der Waals surface area contributed by atoms with Crippen LogP contribution in [-0.4, -0.2) is 42.2 Å². The minimum Gasteiger partial charge on any atom is -0.292 e. The molecule has 1 N–H and O–H groups in total. The highest BCUT2D eigenvalue weighted by Crippen LogP contribution is 2.30. The topological polar surface area (TPSA) is 67.2 Å². The maximum absolute atomic E-state index is 12.5. The summed E-state index contributed by atoms with van der Waals surface area (Å²) in [6.45, 7) is 2.11. The van der Waals surface area contributed by atoms with E-state index in [2.05, 4.69) is 14.7 Å². The predicted molar refractivity (Wildman–Crippen MR) is 90.9 cm³/mol. The van der Waals surface area contributed by atoms with Gasteiger partial charge in [-0.05, 0) is 31.0 Å². The van der Waals surface area contributed by atoms with E-state index in [4.69, 9.17) is 0 Å². The summed E-state index contributed by atoms with van der Waals surface area (Å²) in [5.41, 5.74) is 1.16. The average Bonchev–Trinajstić information content (AvgIpc) is 3.00. The van der Waals surface area contributed by atoms with E-state index in [0.29, 0.717) is 17.5 Å². The first-order valence-corrected chi connectivity index (χ1v) is 9.93. The van der Waals surface area contributed by atoms with E-state index in [-0.39, 0.29) is 6.04 Å². The standard InChI is InChI=1S/C17H22N4O2S/c22-24(23,17-7-2-1-3-8-17)19-11-16-13-20(14-5-4-6-14)12-15-9-10-18-21(15)16/h1-3,7-10,14,16,19H,4-6,11-13H2/t16-/m0/s1. The smallest absolute Gasteiger partial charge is 0.240 e. The van der Waals surface area contributed by atoms with Crippen molar-refractivity contribution in [2.45, 2.75) is 42.8 Å². The molecular formula is C17H22N4O2S. The van der Waals surface area contributed by atoms with Gasteiger partial charge in [0.1, 0.15) is 0 Å². The van der Waals surface area contributed by atoms with Crippen molar-refractivity contribution in [3.63, 3.8) is 0 Å². The Labute approximate surface area is 142 Å². The largest absolute Gasteiger partial charge is 0.292 e. The van der Waals surface area contributed by atoms with Gasteiger partial charge in [0.15, 0.2) is 0 Å². The molecule has 2 heterocycles. The number of sulfonamides is 1. The maximum atomic E-state index is 12.5. The molecule has 0 spiro atoms. The first-order valence-electron chi connectivity index (χ1n) is 8.45. The second kappa shape index (κ2) is 6.31. The van der Waals surface area contributed by atoms with E-state index >= 15 is 0 Å². The van der Waals surface area contributed by atoms with Crippen molar-refractivity contribution in [1.82, 2.24) is 19.4 Å². The summed E-state index contributed by atoms with van der Waals surface area (Å²) in [5.74, 6) is 0. The van der Waals surface area contributed by atoms with Gasteiger partial charge in [-0.2, -0.15) is 5.10 Å². The molecule has 1 aromatic carbocycles. The quantitative estimate of drug-likeness (QED) is 0.896. The van der Waals surface area contributed by atoms with Crippen LogP contribution in [0, 0.1) is 0 Å². The first kappa shape index (κ1) is 15.8. The minimum atomic E-state index is -3.48. The van der Waals surface area contributed by atoms with Crippen LogP contribution >= 0.6 is 0 Å². The summed E-state index contributed by atoms with van der Waals surface area (Å²) in [7, 11) is -3.48. The van der Waals surface area contributed by atoms with Crippen molar-refractivity contribution in [1.29, 1.82) is 0 Å². The molecule has 1 saturated carbocycles. The SMILES string of the molecule is O=S(=O)(NC[C@H]1CN(C2CCC2)Cc2ccnn21)c1ccccc1. The van der Waals surface area contributed by atoms with Crippen molar-refractivity contribution in [3.8, 4) is 0 Å². The van der Waals surface area contributed by atoms with Gasteiger partial charge in [-0.3, -0.25) is 9.58 Å².